The van der Waals surface area contributed by atoms with Crippen molar-refractivity contribution in [2.45, 2.75) is 24.3 Å². The lowest BCUT2D eigenvalue weighted by Crippen LogP contribution is -2.11. The lowest BCUT2D eigenvalue weighted by atomic mass is 10.0. The average molecular weight is 400 g/mol. The summed E-state index contributed by atoms with van der Waals surface area (Å²) in [4.78, 5) is 13.4. The minimum atomic E-state index is -0.412. The van der Waals surface area contributed by atoms with Crippen molar-refractivity contribution in [1.82, 2.24) is 14.8 Å². The molecule has 0 bridgehead atoms. The van der Waals surface area contributed by atoms with Gasteiger partial charge in [-0.05, 0) is 31.5 Å². The molecule has 3 aromatic carbocycles. The molecule has 4 rings (SSSR count). The second-order valence-electron chi connectivity index (χ2n) is 6.96. The van der Waals surface area contributed by atoms with Gasteiger partial charge in [0.1, 0.15) is 11.6 Å². The number of aromatic nitrogens is 3. The van der Waals surface area contributed by atoms with Crippen LogP contribution in [0.15, 0.2) is 90.3 Å². The van der Waals surface area contributed by atoms with Gasteiger partial charge in [0.15, 0.2) is 10.9 Å². The Morgan fingerprint density at radius 3 is 2.14 bits per heavy atom. The zero-order valence-corrected chi connectivity index (χ0v) is 17.1. The lowest BCUT2D eigenvalue weighted by molar-refractivity contribution is 0.0989. The first-order valence-corrected chi connectivity index (χ1v) is 10.3. The normalized spacial score (nSPS) is 11.9. The average Bonchev–Trinajstić information content (AvgIpc) is 3.22. The minimum absolute atomic E-state index is 0.0569. The van der Waals surface area contributed by atoms with E-state index in [-0.39, 0.29) is 5.78 Å². The van der Waals surface area contributed by atoms with Gasteiger partial charge in [0.2, 0.25) is 0 Å². The highest BCUT2D eigenvalue weighted by Crippen LogP contribution is 2.37. The summed E-state index contributed by atoms with van der Waals surface area (Å²) in [5.41, 5.74) is 4.90. The van der Waals surface area contributed by atoms with Crippen LogP contribution in [-0.4, -0.2) is 20.5 Å². The molecular formula is C24H21N3OS. The number of para-hydroxylation sites is 1. The number of carbonyl (C=O) groups is 1. The maximum atomic E-state index is 13.4. The van der Waals surface area contributed by atoms with Gasteiger partial charge in [0, 0.05) is 11.3 Å². The Bertz CT molecular complexity index is 1100. The number of nitrogens with zero attached hydrogens (tertiary/aromatic N) is 3. The Kier molecular flexibility index (Phi) is 5.58. The molecule has 0 unspecified atom stereocenters. The molecule has 0 saturated heterocycles. The number of ketones is 1. The molecule has 0 amide bonds. The fourth-order valence-corrected chi connectivity index (χ4v) is 4.17. The first-order chi connectivity index (χ1) is 14.1. The maximum Gasteiger partial charge on any atom is 0.196 e. The van der Waals surface area contributed by atoms with Gasteiger partial charge < -0.3 is 0 Å². The van der Waals surface area contributed by atoms with Crippen LogP contribution in [0.5, 0.6) is 0 Å². The second kappa shape index (κ2) is 8.45. The van der Waals surface area contributed by atoms with Gasteiger partial charge in [-0.1, -0.05) is 89.6 Å². The van der Waals surface area contributed by atoms with Crippen LogP contribution < -0.4 is 0 Å². The van der Waals surface area contributed by atoms with Gasteiger partial charge in [-0.3, -0.25) is 9.36 Å². The number of hydrogen-bond donors (Lipinski definition) is 0. The summed E-state index contributed by atoms with van der Waals surface area (Å²) in [5.74, 6) is 0.0569. The van der Waals surface area contributed by atoms with E-state index in [4.69, 9.17) is 0 Å². The van der Waals surface area contributed by atoms with E-state index in [1.165, 1.54) is 11.8 Å². The van der Waals surface area contributed by atoms with Crippen LogP contribution in [0.4, 0.5) is 0 Å². The molecule has 0 saturated carbocycles. The number of hydrogen-bond acceptors (Lipinski definition) is 4. The monoisotopic (exact) mass is 399 g/mol. The summed E-state index contributed by atoms with van der Waals surface area (Å²) in [7, 11) is 0. The first-order valence-electron chi connectivity index (χ1n) is 9.41. The van der Waals surface area contributed by atoms with Gasteiger partial charge in [0.25, 0.3) is 0 Å². The van der Waals surface area contributed by atoms with Gasteiger partial charge in [-0.25, -0.2) is 0 Å². The molecule has 144 valence electrons. The number of carbonyl (C=O) groups excluding carboxylic acids is 1. The van der Waals surface area contributed by atoms with E-state index >= 15 is 0 Å². The third kappa shape index (κ3) is 4.30. The molecule has 1 atom stereocenters. The Hall–Kier alpha value is -3.18. The minimum Gasteiger partial charge on any atom is -0.293 e. The first kappa shape index (κ1) is 19.2. The van der Waals surface area contributed by atoms with Crippen molar-refractivity contribution in [1.29, 1.82) is 0 Å². The summed E-state index contributed by atoms with van der Waals surface area (Å²) < 4.78 is 1.91. The van der Waals surface area contributed by atoms with Gasteiger partial charge in [-0.2, -0.15) is 0 Å². The van der Waals surface area contributed by atoms with E-state index in [0.29, 0.717) is 10.7 Å². The van der Waals surface area contributed by atoms with Crippen LogP contribution in [0.25, 0.3) is 5.69 Å². The largest absolute Gasteiger partial charge is 0.293 e. The van der Waals surface area contributed by atoms with E-state index in [0.717, 1.165) is 22.4 Å². The summed E-state index contributed by atoms with van der Waals surface area (Å²) in [5, 5.41) is 8.64. The molecule has 4 aromatic rings. The third-order valence-corrected chi connectivity index (χ3v) is 5.94. The van der Waals surface area contributed by atoms with Crippen LogP contribution >= 0.6 is 11.8 Å². The van der Waals surface area contributed by atoms with Gasteiger partial charge in [0.05, 0.1) is 0 Å². The highest BCUT2D eigenvalue weighted by molar-refractivity contribution is 8.00. The fourth-order valence-electron chi connectivity index (χ4n) is 3.06. The van der Waals surface area contributed by atoms with Crippen LogP contribution in [-0.2, 0) is 0 Å². The second-order valence-corrected chi connectivity index (χ2v) is 8.03. The quantitative estimate of drug-likeness (QED) is 0.313. The number of aryl methyl sites for hydroxylation is 2. The SMILES string of the molecule is Cc1ccc(C(=O)[C@@H](Sc2nncn2-c2ccccc2)c2ccc(C)cc2)cc1. The predicted molar refractivity (Wildman–Crippen MR) is 117 cm³/mol. The Balaban J connectivity index is 1.72. The highest BCUT2D eigenvalue weighted by atomic mass is 32.2. The van der Waals surface area contributed by atoms with Gasteiger partial charge in [-0.15, -0.1) is 10.2 Å². The van der Waals surface area contributed by atoms with Crippen molar-refractivity contribution in [2.75, 3.05) is 0 Å². The van der Waals surface area contributed by atoms with Crippen molar-refractivity contribution >= 4 is 17.5 Å². The molecule has 1 heterocycles. The summed E-state index contributed by atoms with van der Waals surface area (Å²) in [6.07, 6.45) is 1.68. The molecule has 0 spiro atoms. The van der Waals surface area contributed by atoms with E-state index in [2.05, 4.69) is 10.2 Å². The predicted octanol–water partition coefficient (Wildman–Crippen LogP) is 5.60. The molecule has 5 heteroatoms. The van der Waals surface area contributed by atoms with Crippen LogP contribution in [0, 0.1) is 13.8 Å². The van der Waals surface area contributed by atoms with E-state index in [1.807, 2.05) is 97.3 Å². The molecule has 1 aromatic heterocycles. The zero-order chi connectivity index (χ0) is 20.2. The van der Waals surface area contributed by atoms with E-state index in [1.54, 1.807) is 6.33 Å². The van der Waals surface area contributed by atoms with Crippen LogP contribution in [0.2, 0.25) is 0 Å². The van der Waals surface area contributed by atoms with Crippen LogP contribution in [0.1, 0.15) is 32.3 Å². The van der Waals surface area contributed by atoms with Crippen molar-refractivity contribution in [3.8, 4) is 5.69 Å². The van der Waals surface area contributed by atoms with Crippen molar-refractivity contribution in [2.24, 2.45) is 0 Å². The van der Waals surface area contributed by atoms with E-state index in [9.17, 15) is 4.79 Å². The highest BCUT2D eigenvalue weighted by Gasteiger charge is 2.26. The topological polar surface area (TPSA) is 47.8 Å². The molecule has 0 fully saturated rings. The number of Topliss-reactive ketones (excluding diaryl/α,β-unsaturated/α-hetero) is 1. The Morgan fingerprint density at radius 1 is 0.862 bits per heavy atom. The summed E-state index contributed by atoms with van der Waals surface area (Å²) in [6.45, 7) is 4.06. The molecule has 0 aliphatic heterocycles. The standard InChI is InChI=1S/C24H21N3OS/c1-17-8-12-19(13-9-17)22(28)23(20-14-10-18(2)11-15-20)29-24-26-25-16-27(24)21-6-4-3-5-7-21/h3-16,23H,1-2H3/t23-/m0/s1. The van der Waals surface area contributed by atoms with Gasteiger partial charge >= 0.3 is 0 Å². The molecule has 29 heavy (non-hydrogen) atoms. The maximum absolute atomic E-state index is 13.4. The van der Waals surface area contributed by atoms with Crippen molar-refractivity contribution < 1.29 is 4.79 Å². The molecule has 0 aliphatic rings. The zero-order valence-electron chi connectivity index (χ0n) is 16.3. The van der Waals surface area contributed by atoms with Crippen molar-refractivity contribution in [3.05, 3.63) is 107 Å². The smallest absolute Gasteiger partial charge is 0.196 e. The number of rotatable bonds is 6. The Morgan fingerprint density at radius 2 is 1.48 bits per heavy atom. The molecule has 0 aliphatic carbocycles. The lowest BCUT2D eigenvalue weighted by Gasteiger charge is -2.17. The third-order valence-electron chi connectivity index (χ3n) is 4.73. The number of thioether (sulfide) groups is 1. The summed E-state index contributed by atoms with van der Waals surface area (Å²) >= 11 is 1.42. The number of benzene rings is 3. The molecule has 0 N–H and O–H groups in total. The van der Waals surface area contributed by atoms with Crippen molar-refractivity contribution in [3.63, 3.8) is 0 Å². The Labute approximate surface area is 174 Å². The molecule has 0 radical (unpaired) electrons. The summed E-state index contributed by atoms with van der Waals surface area (Å²) in [6, 6.07) is 25.7. The fraction of sp³-hybridized carbons (Fsp3) is 0.125. The molecular weight excluding hydrogens is 378 g/mol. The molecule has 4 nitrogen and oxygen atoms in total. The van der Waals surface area contributed by atoms with Crippen LogP contribution in [0.3, 0.4) is 0 Å². The van der Waals surface area contributed by atoms with E-state index < -0.39 is 5.25 Å².